The van der Waals surface area contributed by atoms with E-state index in [0.29, 0.717) is 24.5 Å². The molecule has 0 radical (unpaired) electrons. The SMILES string of the molecule is CC(C)CCCC(C)NC(=O)C1=NN(C)C(=O)CC1. The normalized spacial score (nSPS) is 17.4. The Hall–Kier alpha value is -1.39. The van der Waals surface area contributed by atoms with E-state index in [1.165, 1.54) is 11.4 Å². The smallest absolute Gasteiger partial charge is 0.267 e. The fourth-order valence-electron chi connectivity index (χ4n) is 2.04. The van der Waals surface area contributed by atoms with Crippen LogP contribution in [0.25, 0.3) is 0 Å². The van der Waals surface area contributed by atoms with Gasteiger partial charge < -0.3 is 5.32 Å². The van der Waals surface area contributed by atoms with E-state index in [2.05, 4.69) is 24.3 Å². The predicted molar refractivity (Wildman–Crippen MR) is 75.7 cm³/mol. The number of hydrogen-bond donors (Lipinski definition) is 1. The van der Waals surface area contributed by atoms with Gasteiger partial charge >= 0.3 is 0 Å². The van der Waals surface area contributed by atoms with Crippen molar-refractivity contribution >= 4 is 17.5 Å². The second-order valence-corrected chi connectivity index (χ2v) is 5.66. The van der Waals surface area contributed by atoms with Crippen molar-refractivity contribution in [1.82, 2.24) is 10.3 Å². The van der Waals surface area contributed by atoms with Crippen molar-refractivity contribution < 1.29 is 9.59 Å². The van der Waals surface area contributed by atoms with Crippen molar-refractivity contribution in [2.75, 3.05) is 7.05 Å². The zero-order valence-corrected chi connectivity index (χ0v) is 12.4. The Morgan fingerprint density at radius 2 is 2.00 bits per heavy atom. The van der Waals surface area contributed by atoms with Gasteiger partial charge in [0.1, 0.15) is 5.71 Å². The second-order valence-electron chi connectivity index (χ2n) is 5.66. The number of nitrogens with one attached hydrogen (secondary N) is 1. The van der Waals surface area contributed by atoms with Crippen LogP contribution in [0.2, 0.25) is 0 Å². The minimum Gasteiger partial charge on any atom is -0.348 e. The molecule has 108 valence electrons. The lowest BCUT2D eigenvalue weighted by molar-refractivity contribution is -0.130. The lowest BCUT2D eigenvalue weighted by Gasteiger charge is -2.20. The number of hydrazone groups is 1. The molecule has 0 bridgehead atoms. The first kappa shape index (κ1) is 15.7. The van der Waals surface area contributed by atoms with E-state index in [4.69, 9.17) is 0 Å². The molecular formula is C14H25N3O2. The molecule has 0 saturated carbocycles. The standard InChI is InChI=1S/C14H25N3O2/c1-10(2)6-5-7-11(3)15-14(19)12-8-9-13(18)17(4)16-12/h10-11H,5-9H2,1-4H3,(H,15,19). The molecule has 0 fully saturated rings. The summed E-state index contributed by atoms with van der Waals surface area (Å²) < 4.78 is 0. The molecule has 1 atom stereocenters. The summed E-state index contributed by atoms with van der Waals surface area (Å²) in [5.74, 6) is 0.517. The average molecular weight is 267 g/mol. The number of nitrogens with zero attached hydrogens (tertiary/aromatic N) is 2. The van der Waals surface area contributed by atoms with Crippen LogP contribution in [0.4, 0.5) is 0 Å². The maximum atomic E-state index is 12.0. The summed E-state index contributed by atoms with van der Waals surface area (Å²) in [6.45, 7) is 6.41. The molecule has 1 heterocycles. The number of carbonyl (C=O) groups is 2. The summed E-state index contributed by atoms with van der Waals surface area (Å²) in [6, 6.07) is 0.150. The summed E-state index contributed by atoms with van der Waals surface area (Å²) in [5, 5.41) is 8.22. The zero-order valence-electron chi connectivity index (χ0n) is 12.4. The van der Waals surface area contributed by atoms with Gasteiger partial charge in [0.15, 0.2) is 0 Å². The van der Waals surface area contributed by atoms with E-state index in [9.17, 15) is 9.59 Å². The van der Waals surface area contributed by atoms with Crippen molar-refractivity contribution in [3.05, 3.63) is 0 Å². The van der Waals surface area contributed by atoms with Crippen LogP contribution < -0.4 is 5.32 Å². The van der Waals surface area contributed by atoms with Gasteiger partial charge in [-0.3, -0.25) is 9.59 Å². The van der Waals surface area contributed by atoms with Crippen LogP contribution >= 0.6 is 0 Å². The van der Waals surface area contributed by atoms with Crippen LogP contribution in [-0.2, 0) is 9.59 Å². The molecule has 2 amide bonds. The third-order valence-corrected chi connectivity index (χ3v) is 3.27. The Bertz CT molecular complexity index is 364. The number of hydrogen-bond acceptors (Lipinski definition) is 3. The molecule has 0 aromatic heterocycles. The summed E-state index contributed by atoms with van der Waals surface area (Å²) in [5.41, 5.74) is 0.456. The van der Waals surface area contributed by atoms with Gasteiger partial charge in [-0.05, 0) is 19.3 Å². The highest BCUT2D eigenvalue weighted by atomic mass is 16.2. The highest BCUT2D eigenvalue weighted by molar-refractivity contribution is 6.39. The lowest BCUT2D eigenvalue weighted by atomic mass is 10.0. The summed E-state index contributed by atoms with van der Waals surface area (Å²) in [4.78, 5) is 23.3. The van der Waals surface area contributed by atoms with Crippen molar-refractivity contribution in [3.63, 3.8) is 0 Å². The molecule has 0 spiro atoms. The van der Waals surface area contributed by atoms with Crippen molar-refractivity contribution in [1.29, 1.82) is 0 Å². The van der Waals surface area contributed by atoms with Gasteiger partial charge in [0.05, 0.1) is 0 Å². The van der Waals surface area contributed by atoms with E-state index in [0.717, 1.165) is 12.8 Å². The van der Waals surface area contributed by atoms with Gasteiger partial charge in [-0.2, -0.15) is 5.10 Å². The summed E-state index contributed by atoms with van der Waals surface area (Å²) in [6.07, 6.45) is 4.08. The van der Waals surface area contributed by atoms with Crippen LogP contribution in [0.15, 0.2) is 5.10 Å². The largest absolute Gasteiger partial charge is 0.348 e. The quantitative estimate of drug-likeness (QED) is 0.799. The maximum Gasteiger partial charge on any atom is 0.267 e. The highest BCUT2D eigenvalue weighted by Crippen LogP contribution is 2.10. The van der Waals surface area contributed by atoms with E-state index < -0.39 is 0 Å². The number of carbonyl (C=O) groups excluding carboxylic acids is 2. The summed E-state index contributed by atoms with van der Waals surface area (Å²) in [7, 11) is 1.58. The molecule has 1 unspecified atom stereocenters. The molecule has 1 aliphatic rings. The molecule has 5 heteroatoms. The number of rotatable bonds is 6. The van der Waals surface area contributed by atoms with E-state index in [1.807, 2.05) is 6.92 Å². The molecule has 5 nitrogen and oxygen atoms in total. The number of amides is 2. The Morgan fingerprint density at radius 3 is 2.58 bits per heavy atom. The Labute approximate surface area is 115 Å². The van der Waals surface area contributed by atoms with Crippen molar-refractivity contribution in [2.45, 2.75) is 58.9 Å². The first-order chi connectivity index (χ1) is 8.90. The van der Waals surface area contributed by atoms with Crippen LogP contribution in [0.1, 0.15) is 52.9 Å². The fourth-order valence-corrected chi connectivity index (χ4v) is 2.04. The Morgan fingerprint density at radius 1 is 1.32 bits per heavy atom. The fraction of sp³-hybridized carbons (Fsp3) is 0.786. The van der Waals surface area contributed by atoms with E-state index in [1.54, 1.807) is 7.05 Å². The summed E-state index contributed by atoms with van der Waals surface area (Å²) >= 11 is 0. The van der Waals surface area contributed by atoms with E-state index in [-0.39, 0.29) is 17.9 Å². The molecule has 1 N–H and O–H groups in total. The third-order valence-electron chi connectivity index (χ3n) is 3.27. The minimum atomic E-state index is -0.142. The molecule has 0 aromatic rings. The maximum absolute atomic E-state index is 12.0. The van der Waals surface area contributed by atoms with Gasteiger partial charge in [-0.25, -0.2) is 5.01 Å². The van der Waals surface area contributed by atoms with Crippen LogP contribution in [0, 0.1) is 5.92 Å². The molecular weight excluding hydrogens is 242 g/mol. The Balaban J connectivity index is 2.38. The van der Waals surface area contributed by atoms with Gasteiger partial charge in [0, 0.05) is 25.9 Å². The van der Waals surface area contributed by atoms with E-state index >= 15 is 0 Å². The lowest BCUT2D eigenvalue weighted by Crippen LogP contribution is -2.41. The molecule has 0 aliphatic carbocycles. The van der Waals surface area contributed by atoms with Crippen molar-refractivity contribution in [2.24, 2.45) is 11.0 Å². The van der Waals surface area contributed by atoms with Crippen molar-refractivity contribution in [3.8, 4) is 0 Å². The molecule has 0 aromatic carbocycles. The molecule has 19 heavy (non-hydrogen) atoms. The topological polar surface area (TPSA) is 61.8 Å². The predicted octanol–water partition coefficient (Wildman–Crippen LogP) is 1.93. The molecule has 0 saturated heterocycles. The first-order valence-corrected chi connectivity index (χ1v) is 7.05. The van der Waals surface area contributed by atoms with Gasteiger partial charge in [-0.1, -0.05) is 26.7 Å². The Kier molecular flexibility index (Phi) is 5.99. The van der Waals surface area contributed by atoms with Gasteiger partial charge in [0.25, 0.3) is 5.91 Å². The van der Waals surface area contributed by atoms with Crippen LogP contribution in [0.5, 0.6) is 0 Å². The van der Waals surface area contributed by atoms with Gasteiger partial charge in [-0.15, -0.1) is 0 Å². The van der Waals surface area contributed by atoms with Crippen LogP contribution in [0.3, 0.4) is 0 Å². The second kappa shape index (κ2) is 7.26. The first-order valence-electron chi connectivity index (χ1n) is 7.05. The zero-order chi connectivity index (χ0) is 14.4. The minimum absolute atomic E-state index is 0.0402. The highest BCUT2D eigenvalue weighted by Gasteiger charge is 2.22. The third kappa shape index (κ3) is 5.41. The monoisotopic (exact) mass is 267 g/mol. The molecule has 1 rings (SSSR count). The van der Waals surface area contributed by atoms with Crippen LogP contribution in [-0.4, -0.2) is 35.6 Å². The molecule has 1 aliphatic heterocycles. The van der Waals surface area contributed by atoms with Gasteiger partial charge in [0.2, 0.25) is 5.91 Å². The average Bonchev–Trinajstić information content (AvgIpc) is 2.32.